The minimum absolute atomic E-state index is 0.0789. The number of hydrogen-bond acceptors (Lipinski definition) is 6. The summed E-state index contributed by atoms with van der Waals surface area (Å²) in [6, 6.07) is 5.60. The molecule has 0 heterocycles. The van der Waals surface area contributed by atoms with Gasteiger partial charge in [-0.1, -0.05) is 0 Å². The molecule has 0 bridgehead atoms. The van der Waals surface area contributed by atoms with E-state index in [0.717, 1.165) is 0 Å². The number of nitrogen functional groups attached to an aromatic ring is 1. The lowest BCUT2D eigenvalue weighted by molar-refractivity contribution is 0.122. The molecule has 0 radical (unpaired) electrons. The van der Waals surface area contributed by atoms with Gasteiger partial charge in [-0.25, -0.2) is 13.1 Å². The van der Waals surface area contributed by atoms with Crippen LogP contribution in [0.4, 0.5) is 5.69 Å². The average molecular weight is 285 g/mol. The maximum atomic E-state index is 12.1. The van der Waals surface area contributed by atoms with Crippen LogP contribution < -0.4 is 10.5 Å². The number of benzene rings is 1. The lowest BCUT2D eigenvalue weighted by Crippen LogP contribution is -2.51. The Labute approximate surface area is 111 Å². The van der Waals surface area contributed by atoms with Crippen molar-refractivity contribution in [3.63, 3.8) is 0 Å². The van der Waals surface area contributed by atoms with Gasteiger partial charge in [0.25, 0.3) is 0 Å². The molecule has 0 atom stereocenters. The van der Waals surface area contributed by atoms with Gasteiger partial charge < -0.3 is 15.9 Å². The van der Waals surface area contributed by atoms with Gasteiger partial charge in [0.1, 0.15) is 4.90 Å². The Morgan fingerprint density at radius 1 is 1.42 bits per heavy atom. The number of nitrogens with two attached hydrogens (primary N) is 1. The van der Waals surface area contributed by atoms with E-state index >= 15 is 0 Å². The molecule has 0 aliphatic carbocycles. The van der Waals surface area contributed by atoms with Crippen molar-refractivity contribution in [2.24, 2.45) is 0 Å². The van der Waals surface area contributed by atoms with E-state index in [1.165, 1.54) is 25.1 Å². The van der Waals surface area contributed by atoms with E-state index in [-0.39, 0.29) is 16.1 Å². The highest BCUT2D eigenvalue weighted by atomic mass is 32.2. The van der Waals surface area contributed by atoms with Crippen LogP contribution in [-0.4, -0.2) is 37.4 Å². The average Bonchev–Trinajstić information content (AvgIpc) is 2.37. The second-order valence-corrected chi connectivity index (χ2v) is 6.00. The molecule has 0 amide bonds. The van der Waals surface area contributed by atoms with Gasteiger partial charge in [-0.3, -0.25) is 0 Å². The zero-order valence-corrected chi connectivity index (χ0v) is 11.1. The molecule has 0 unspecified atom stereocenters. The van der Waals surface area contributed by atoms with Gasteiger partial charge in [-0.15, -0.1) is 0 Å². The summed E-state index contributed by atoms with van der Waals surface area (Å²) in [6.45, 7) is 0.211. The summed E-state index contributed by atoms with van der Waals surface area (Å²) in [4.78, 5) is -0.209. The van der Waals surface area contributed by atoms with Crippen molar-refractivity contribution in [2.45, 2.75) is 17.4 Å². The molecule has 104 valence electrons. The SMILES string of the molecule is CC(CO)(CO)NS(=O)(=O)c1ccc(C#N)cc1N. The largest absolute Gasteiger partial charge is 0.398 e. The van der Waals surface area contributed by atoms with Crippen molar-refractivity contribution >= 4 is 15.7 Å². The van der Waals surface area contributed by atoms with Gasteiger partial charge in [0.05, 0.1) is 36.1 Å². The molecule has 0 spiro atoms. The predicted molar refractivity (Wildman–Crippen MR) is 68.5 cm³/mol. The van der Waals surface area contributed by atoms with Crippen LogP contribution in [0.5, 0.6) is 0 Å². The van der Waals surface area contributed by atoms with Crippen molar-refractivity contribution in [3.05, 3.63) is 23.8 Å². The maximum absolute atomic E-state index is 12.1. The van der Waals surface area contributed by atoms with E-state index in [4.69, 9.17) is 21.2 Å². The standard InChI is InChI=1S/C11H15N3O4S/c1-11(6-15,7-16)14-19(17,18)10-3-2-8(5-12)4-9(10)13/h2-4,14-16H,6-7,13H2,1H3. The number of rotatable bonds is 5. The van der Waals surface area contributed by atoms with Crippen molar-refractivity contribution in [1.29, 1.82) is 5.26 Å². The number of aliphatic hydroxyl groups is 2. The van der Waals surface area contributed by atoms with Gasteiger partial charge in [0, 0.05) is 0 Å². The highest BCUT2D eigenvalue weighted by Gasteiger charge is 2.30. The Morgan fingerprint density at radius 2 is 2.00 bits per heavy atom. The molecule has 5 N–H and O–H groups in total. The molecule has 19 heavy (non-hydrogen) atoms. The summed E-state index contributed by atoms with van der Waals surface area (Å²) in [7, 11) is -4.00. The summed E-state index contributed by atoms with van der Waals surface area (Å²) < 4.78 is 26.4. The zero-order chi connectivity index (χ0) is 14.7. The third kappa shape index (κ3) is 3.42. The van der Waals surface area contributed by atoms with E-state index in [0.29, 0.717) is 0 Å². The monoisotopic (exact) mass is 285 g/mol. The number of nitrogens with zero attached hydrogens (tertiary/aromatic N) is 1. The number of hydrogen-bond donors (Lipinski definition) is 4. The molecule has 0 aliphatic rings. The fourth-order valence-corrected chi connectivity index (χ4v) is 2.86. The molecular formula is C11H15N3O4S. The van der Waals surface area contributed by atoms with Crippen molar-refractivity contribution in [1.82, 2.24) is 4.72 Å². The molecule has 7 nitrogen and oxygen atoms in total. The first-order valence-corrected chi connectivity index (χ1v) is 6.81. The van der Waals surface area contributed by atoms with Crippen LogP contribution >= 0.6 is 0 Å². The first-order valence-electron chi connectivity index (χ1n) is 5.33. The van der Waals surface area contributed by atoms with Crippen LogP contribution in [0.15, 0.2) is 23.1 Å². The molecule has 0 fully saturated rings. The van der Waals surface area contributed by atoms with Crippen molar-refractivity contribution in [3.8, 4) is 6.07 Å². The third-order valence-corrected chi connectivity index (χ3v) is 4.22. The first-order chi connectivity index (χ1) is 8.78. The third-order valence-electron chi connectivity index (χ3n) is 2.51. The lowest BCUT2D eigenvalue weighted by Gasteiger charge is -2.26. The molecule has 8 heteroatoms. The number of aliphatic hydroxyl groups excluding tert-OH is 2. The minimum atomic E-state index is -4.00. The van der Waals surface area contributed by atoms with Crippen LogP contribution in [0.2, 0.25) is 0 Å². The molecule has 0 saturated carbocycles. The fraction of sp³-hybridized carbons (Fsp3) is 0.364. The minimum Gasteiger partial charge on any atom is -0.398 e. The van der Waals surface area contributed by atoms with E-state index in [1.807, 2.05) is 6.07 Å². The van der Waals surface area contributed by atoms with Gasteiger partial charge in [0.15, 0.2) is 0 Å². The molecule has 1 aromatic rings. The molecule has 0 aliphatic heterocycles. The summed E-state index contributed by atoms with van der Waals surface area (Å²) in [6.07, 6.45) is 0. The fourth-order valence-electron chi connectivity index (χ4n) is 1.36. The quantitative estimate of drug-likeness (QED) is 0.521. The highest BCUT2D eigenvalue weighted by molar-refractivity contribution is 7.89. The molecule has 0 aromatic heterocycles. The van der Waals surface area contributed by atoms with E-state index in [2.05, 4.69) is 4.72 Å². The number of nitriles is 1. The molecule has 0 saturated heterocycles. The van der Waals surface area contributed by atoms with Gasteiger partial charge in [-0.05, 0) is 25.1 Å². The Bertz CT molecular complexity index is 603. The normalized spacial score (nSPS) is 12.1. The highest BCUT2D eigenvalue weighted by Crippen LogP contribution is 2.21. The molecular weight excluding hydrogens is 270 g/mol. The van der Waals surface area contributed by atoms with E-state index in [1.54, 1.807) is 0 Å². The number of nitrogens with one attached hydrogen (secondary N) is 1. The summed E-state index contributed by atoms with van der Waals surface area (Å²) in [5, 5.41) is 26.9. The maximum Gasteiger partial charge on any atom is 0.243 e. The Hall–Kier alpha value is -1.66. The predicted octanol–water partition coefficient (Wildman–Crippen LogP) is -0.838. The van der Waals surface area contributed by atoms with Crippen LogP contribution in [0.1, 0.15) is 12.5 Å². The van der Waals surface area contributed by atoms with Gasteiger partial charge in [-0.2, -0.15) is 5.26 Å². The zero-order valence-electron chi connectivity index (χ0n) is 10.3. The summed E-state index contributed by atoms with van der Waals surface area (Å²) in [5.41, 5.74) is 4.36. The first kappa shape index (κ1) is 15.4. The topological polar surface area (TPSA) is 136 Å². The van der Waals surface area contributed by atoms with Crippen molar-refractivity contribution in [2.75, 3.05) is 18.9 Å². The summed E-state index contributed by atoms with van der Waals surface area (Å²) in [5.74, 6) is 0. The van der Waals surface area contributed by atoms with Crippen LogP contribution in [0, 0.1) is 11.3 Å². The van der Waals surface area contributed by atoms with Crippen LogP contribution in [0.25, 0.3) is 0 Å². The van der Waals surface area contributed by atoms with Gasteiger partial charge >= 0.3 is 0 Å². The molecule has 1 rings (SSSR count). The van der Waals surface area contributed by atoms with E-state index in [9.17, 15) is 8.42 Å². The Kier molecular flexibility index (Phi) is 4.49. The molecule has 1 aromatic carbocycles. The summed E-state index contributed by atoms with van der Waals surface area (Å²) >= 11 is 0. The number of anilines is 1. The smallest absolute Gasteiger partial charge is 0.243 e. The Morgan fingerprint density at radius 3 is 2.42 bits per heavy atom. The van der Waals surface area contributed by atoms with Crippen molar-refractivity contribution < 1.29 is 18.6 Å². The Balaban J connectivity index is 3.19. The second kappa shape index (κ2) is 5.54. The van der Waals surface area contributed by atoms with Gasteiger partial charge in [0.2, 0.25) is 10.0 Å². The second-order valence-electron chi connectivity index (χ2n) is 4.35. The van der Waals surface area contributed by atoms with E-state index < -0.39 is 28.8 Å². The lowest BCUT2D eigenvalue weighted by atomic mass is 10.1. The van der Waals surface area contributed by atoms with Crippen LogP contribution in [-0.2, 0) is 10.0 Å². The number of sulfonamides is 1. The van der Waals surface area contributed by atoms with Crippen LogP contribution in [0.3, 0.4) is 0 Å².